The van der Waals surface area contributed by atoms with Crippen molar-refractivity contribution in [1.29, 1.82) is 0 Å². The van der Waals surface area contributed by atoms with Crippen molar-refractivity contribution in [2.75, 3.05) is 13.2 Å². The van der Waals surface area contributed by atoms with E-state index in [1.165, 1.54) is 148 Å². The van der Waals surface area contributed by atoms with E-state index in [2.05, 4.69) is 129 Å². The molecule has 7 unspecified atom stereocenters. The molecule has 1 rings (SSSR count). The molecular formula is C70H119NO8. The number of nitrogens with one attached hydrogen (secondary N) is 1. The number of hydrogen-bond donors (Lipinski definition) is 6. The number of aliphatic hydroxyl groups excluding tert-OH is 5. The molecule has 79 heavy (non-hydrogen) atoms. The summed E-state index contributed by atoms with van der Waals surface area (Å²) in [7, 11) is 0. The van der Waals surface area contributed by atoms with Gasteiger partial charge >= 0.3 is 0 Å². The van der Waals surface area contributed by atoms with Crippen molar-refractivity contribution in [3.05, 3.63) is 122 Å². The molecule has 0 radical (unpaired) electrons. The summed E-state index contributed by atoms with van der Waals surface area (Å²) in [6, 6.07) is -0.847. The third-order valence-electron chi connectivity index (χ3n) is 14.5. The summed E-state index contributed by atoms with van der Waals surface area (Å²) in [6.45, 7) is 3.65. The van der Waals surface area contributed by atoms with Crippen LogP contribution in [0.2, 0.25) is 0 Å². The summed E-state index contributed by atoms with van der Waals surface area (Å²) in [5, 5.41) is 54.6. The molecule has 0 aliphatic carbocycles. The molecule has 1 amide bonds. The highest BCUT2D eigenvalue weighted by molar-refractivity contribution is 5.76. The van der Waals surface area contributed by atoms with E-state index in [0.717, 1.165) is 83.5 Å². The smallest absolute Gasteiger partial charge is 0.220 e. The highest BCUT2D eigenvalue weighted by Crippen LogP contribution is 2.23. The second-order valence-electron chi connectivity index (χ2n) is 21.8. The van der Waals surface area contributed by atoms with Crippen LogP contribution in [-0.4, -0.2) is 87.5 Å². The lowest BCUT2D eigenvalue weighted by molar-refractivity contribution is -0.302. The van der Waals surface area contributed by atoms with E-state index in [0.29, 0.717) is 6.42 Å². The summed E-state index contributed by atoms with van der Waals surface area (Å²) in [6.07, 6.45) is 80.0. The molecule has 6 N–H and O–H groups in total. The van der Waals surface area contributed by atoms with Crippen LogP contribution in [0.5, 0.6) is 0 Å². The minimum atomic E-state index is -1.59. The third-order valence-corrected chi connectivity index (χ3v) is 14.5. The molecule has 0 aromatic heterocycles. The van der Waals surface area contributed by atoms with Gasteiger partial charge in [0, 0.05) is 6.42 Å². The van der Waals surface area contributed by atoms with Crippen LogP contribution in [0, 0.1) is 0 Å². The topological polar surface area (TPSA) is 149 Å². The number of carbonyl (C=O) groups is 1. The number of aliphatic hydroxyl groups is 5. The molecule has 1 saturated heterocycles. The molecule has 9 heteroatoms. The van der Waals surface area contributed by atoms with Gasteiger partial charge in [0.15, 0.2) is 6.29 Å². The number of hydrogen-bond acceptors (Lipinski definition) is 8. The quantitative estimate of drug-likeness (QED) is 0.0261. The van der Waals surface area contributed by atoms with E-state index in [-0.39, 0.29) is 18.9 Å². The van der Waals surface area contributed by atoms with Crippen molar-refractivity contribution in [3.8, 4) is 0 Å². The van der Waals surface area contributed by atoms with Gasteiger partial charge in [-0.05, 0) is 83.5 Å². The molecular weight excluding hydrogens is 983 g/mol. The van der Waals surface area contributed by atoms with Crippen molar-refractivity contribution < 1.29 is 39.8 Å². The number of carbonyl (C=O) groups excluding carboxylic acids is 1. The number of rotatable bonds is 54. The summed E-state index contributed by atoms with van der Waals surface area (Å²) >= 11 is 0. The molecule has 0 aromatic rings. The van der Waals surface area contributed by atoms with E-state index < -0.39 is 49.5 Å². The first-order valence-corrected chi connectivity index (χ1v) is 32.3. The van der Waals surface area contributed by atoms with Crippen LogP contribution in [-0.2, 0) is 14.3 Å². The summed E-state index contributed by atoms with van der Waals surface area (Å²) in [5.41, 5.74) is 0. The number of ether oxygens (including phenoxy) is 2. The third kappa shape index (κ3) is 46.9. The summed E-state index contributed by atoms with van der Waals surface area (Å²) < 4.78 is 11.3. The predicted molar refractivity (Wildman–Crippen MR) is 336 cm³/mol. The maximum absolute atomic E-state index is 13.1. The van der Waals surface area contributed by atoms with Crippen molar-refractivity contribution >= 4 is 5.91 Å². The summed E-state index contributed by atoms with van der Waals surface area (Å²) in [5.74, 6) is -0.237. The highest BCUT2D eigenvalue weighted by atomic mass is 16.7. The maximum atomic E-state index is 13.1. The highest BCUT2D eigenvalue weighted by Gasteiger charge is 2.44. The standard InChI is InChI=1S/C70H119NO8/c1-3-5-7-9-11-13-15-17-19-21-23-25-27-29-31-32-34-36-38-40-42-44-46-48-50-52-54-56-58-60-66(74)71-63(62-78-70-69(77)68(76)67(75)65(61-72)79-70)64(73)59-57-55-53-51-49-47-45-43-41-39-37-35-33-30-28-26-24-22-20-18-16-14-12-10-8-6-4-2/h5,7,11,13,17,19,23,25,29,31,34,36,40,42,46,48,52,54,57,59,63-65,67-70,72-73,75-77H,3-4,6,8-10,12,14-16,18,20-22,24,26-28,30,32-33,35,37-39,41,43-45,47,49-51,53,55-56,58,60-62H2,1-2H3,(H,71,74)/b7-5-,13-11-,19-17-,25-23-,31-29-,36-34-,42-40-,48-46-,54-52-,59-57+. The molecule has 0 bridgehead atoms. The molecule has 9 nitrogen and oxygen atoms in total. The first-order valence-electron chi connectivity index (χ1n) is 32.3. The zero-order chi connectivity index (χ0) is 57.2. The van der Waals surface area contributed by atoms with Crippen LogP contribution >= 0.6 is 0 Å². The van der Waals surface area contributed by atoms with Crippen molar-refractivity contribution in [2.45, 2.75) is 301 Å². The number of allylic oxidation sites excluding steroid dienone is 19. The first kappa shape index (κ1) is 73.6. The lowest BCUT2D eigenvalue weighted by Gasteiger charge is -2.40. The number of unbranched alkanes of at least 4 members (excludes halogenated alkanes) is 26. The second kappa shape index (κ2) is 57.8. The molecule has 452 valence electrons. The average molecular weight is 1100 g/mol. The van der Waals surface area contributed by atoms with Gasteiger partial charge in [-0.2, -0.15) is 0 Å². The Balaban J connectivity index is 2.25. The maximum Gasteiger partial charge on any atom is 0.220 e. The molecule has 1 aliphatic rings. The fourth-order valence-electron chi connectivity index (χ4n) is 9.51. The first-order chi connectivity index (χ1) is 38.8. The minimum absolute atomic E-state index is 0.219. The Morgan fingerprint density at radius 2 is 0.785 bits per heavy atom. The Kier molecular flexibility index (Phi) is 53.9. The van der Waals surface area contributed by atoms with Crippen molar-refractivity contribution in [3.63, 3.8) is 0 Å². The van der Waals surface area contributed by atoms with Crippen LogP contribution in [0.4, 0.5) is 0 Å². The van der Waals surface area contributed by atoms with Gasteiger partial charge in [-0.1, -0.05) is 289 Å². The van der Waals surface area contributed by atoms with Crippen LogP contribution in [0.15, 0.2) is 122 Å². The van der Waals surface area contributed by atoms with E-state index in [1.807, 2.05) is 6.08 Å². The van der Waals surface area contributed by atoms with Gasteiger partial charge in [0.1, 0.15) is 24.4 Å². The average Bonchev–Trinajstić information content (AvgIpc) is 3.47. The number of amides is 1. The molecule has 7 atom stereocenters. The van der Waals surface area contributed by atoms with Crippen molar-refractivity contribution in [1.82, 2.24) is 5.32 Å². The van der Waals surface area contributed by atoms with Gasteiger partial charge in [0.05, 0.1) is 25.4 Å². The van der Waals surface area contributed by atoms with Crippen LogP contribution in [0.3, 0.4) is 0 Å². The lowest BCUT2D eigenvalue weighted by Crippen LogP contribution is -2.60. The fraction of sp³-hybridized carbons (Fsp3) is 0.700. The molecule has 1 heterocycles. The Hall–Kier alpha value is -3.41. The van der Waals surface area contributed by atoms with E-state index in [9.17, 15) is 30.3 Å². The van der Waals surface area contributed by atoms with E-state index in [1.54, 1.807) is 6.08 Å². The SMILES string of the molecule is CC/C=C\C/C=C\C/C=C\C/C=C\C/C=C\C/C=C\C/C=C\C/C=C\C/C=C\CCCC(=O)NC(COC1OC(CO)C(O)C(O)C1O)C(O)/C=C/CCCCCCCCCCCCCCCCCCCCCCCCCCC. The molecule has 1 aliphatic heterocycles. The van der Waals surface area contributed by atoms with Gasteiger partial charge in [-0.3, -0.25) is 4.79 Å². The van der Waals surface area contributed by atoms with Gasteiger partial charge in [-0.25, -0.2) is 0 Å². The van der Waals surface area contributed by atoms with Gasteiger partial charge in [-0.15, -0.1) is 0 Å². The summed E-state index contributed by atoms with van der Waals surface area (Å²) in [4.78, 5) is 13.1. The molecule has 0 saturated carbocycles. The second-order valence-corrected chi connectivity index (χ2v) is 21.8. The largest absolute Gasteiger partial charge is 0.394 e. The molecule has 0 aromatic carbocycles. The van der Waals surface area contributed by atoms with Gasteiger partial charge in [0.2, 0.25) is 5.91 Å². The minimum Gasteiger partial charge on any atom is -0.394 e. The monoisotopic (exact) mass is 1100 g/mol. The van der Waals surface area contributed by atoms with Crippen molar-refractivity contribution in [2.24, 2.45) is 0 Å². The Morgan fingerprint density at radius 3 is 1.15 bits per heavy atom. The Morgan fingerprint density at radius 1 is 0.443 bits per heavy atom. The fourth-order valence-corrected chi connectivity index (χ4v) is 9.51. The zero-order valence-electron chi connectivity index (χ0n) is 50.3. The van der Waals surface area contributed by atoms with Crippen LogP contribution < -0.4 is 5.32 Å². The van der Waals surface area contributed by atoms with E-state index in [4.69, 9.17) is 9.47 Å². The van der Waals surface area contributed by atoms with Crippen LogP contribution in [0.1, 0.15) is 258 Å². The zero-order valence-corrected chi connectivity index (χ0v) is 50.3. The van der Waals surface area contributed by atoms with Gasteiger partial charge in [0.25, 0.3) is 0 Å². The van der Waals surface area contributed by atoms with Crippen LogP contribution in [0.25, 0.3) is 0 Å². The lowest BCUT2D eigenvalue weighted by atomic mass is 9.99. The molecule has 0 spiro atoms. The Labute approximate surface area is 484 Å². The molecule has 1 fully saturated rings. The van der Waals surface area contributed by atoms with Gasteiger partial charge < -0.3 is 40.3 Å². The van der Waals surface area contributed by atoms with E-state index >= 15 is 0 Å². The normalized spacial score (nSPS) is 19.4. The Bertz CT molecular complexity index is 1660. The predicted octanol–water partition coefficient (Wildman–Crippen LogP) is 17.1.